The van der Waals surface area contributed by atoms with Gasteiger partial charge in [0.1, 0.15) is 0 Å². The van der Waals surface area contributed by atoms with Gasteiger partial charge in [-0.25, -0.2) is 0 Å². The lowest BCUT2D eigenvalue weighted by atomic mass is 10.1. The van der Waals surface area contributed by atoms with E-state index in [-0.39, 0.29) is 0 Å². The van der Waals surface area contributed by atoms with Gasteiger partial charge in [0.05, 0.1) is 6.54 Å². The standard InChI is InChI=1S/C17H17N3O/c1-13-6-5-9-15(10-13)17-20-19-16(21-17)12-18-11-14-7-3-2-4-8-14/h2-10,18H,11-12H2,1H3. The molecule has 4 nitrogen and oxygen atoms in total. The van der Waals surface area contributed by atoms with Gasteiger partial charge in [0.2, 0.25) is 11.8 Å². The van der Waals surface area contributed by atoms with Crippen molar-refractivity contribution in [3.63, 3.8) is 0 Å². The third-order valence-electron chi connectivity index (χ3n) is 3.18. The Bertz CT molecular complexity index is 707. The van der Waals surface area contributed by atoms with Gasteiger partial charge >= 0.3 is 0 Å². The molecule has 106 valence electrons. The highest BCUT2D eigenvalue weighted by atomic mass is 16.4. The van der Waals surface area contributed by atoms with E-state index in [9.17, 15) is 0 Å². The van der Waals surface area contributed by atoms with E-state index in [1.165, 1.54) is 11.1 Å². The van der Waals surface area contributed by atoms with Crippen LogP contribution in [0, 0.1) is 6.92 Å². The Balaban J connectivity index is 1.60. The van der Waals surface area contributed by atoms with Crippen molar-refractivity contribution in [3.05, 3.63) is 71.6 Å². The summed E-state index contributed by atoms with van der Waals surface area (Å²) in [6, 6.07) is 18.3. The highest BCUT2D eigenvalue weighted by Crippen LogP contribution is 2.18. The second kappa shape index (κ2) is 6.33. The monoisotopic (exact) mass is 279 g/mol. The van der Waals surface area contributed by atoms with Crippen molar-refractivity contribution in [1.82, 2.24) is 15.5 Å². The number of rotatable bonds is 5. The van der Waals surface area contributed by atoms with Crippen molar-refractivity contribution in [2.24, 2.45) is 0 Å². The molecule has 1 aromatic heterocycles. The van der Waals surface area contributed by atoms with E-state index in [0.717, 1.165) is 12.1 Å². The van der Waals surface area contributed by atoms with Crippen molar-refractivity contribution >= 4 is 0 Å². The minimum atomic E-state index is 0.563. The molecule has 4 heteroatoms. The minimum absolute atomic E-state index is 0.563. The summed E-state index contributed by atoms with van der Waals surface area (Å²) in [6.45, 7) is 3.39. The first-order valence-electron chi connectivity index (χ1n) is 6.95. The molecule has 0 aliphatic rings. The van der Waals surface area contributed by atoms with E-state index < -0.39 is 0 Å². The number of aryl methyl sites for hydroxylation is 1. The molecule has 1 heterocycles. The third-order valence-corrected chi connectivity index (χ3v) is 3.18. The molecule has 0 saturated carbocycles. The molecule has 21 heavy (non-hydrogen) atoms. The molecule has 0 bridgehead atoms. The van der Waals surface area contributed by atoms with Crippen LogP contribution < -0.4 is 5.32 Å². The molecular weight excluding hydrogens is 262 g/mol. The van der Waals surface area contributed by atoms with Crippen LogP contribution in [0.25, 0.3) is 11.5 Å². The maximum atomic E-state index is 5.68. The molecule has 0 spiro atoms. The van der Waals surface area contributed by atoms with Crippen molar-refractivity contribution in [3.8, 4) is 11.5 Å². The van der Waals surface area contributed by atoms with Crippen LogP contribution in [-0.2, 0) is 13.1 Å². The molecule has 0 unspecified atom stereocenters. The molecule has 3 rings (SSSR count). The van der Waals surface area contributed by atoms with E-state index >= 15 is 0 Å². The van der Waals surface area contributed by atoms with E-state index in [0.29, 0.717) is 18.3 Å². The average molecular weight is 279 g/mol. The summed E-state index contributed by atoms with van der Waals surface area (Å²) in [4.78, 5) is 0. The predicted octanol–water partition coefficient (Wildman–Crippen LogP) is 3.33. The number of hydrogen-bond donors (Lipinski definition) is 1. The van der Waals surface area contributed by atoms with E-state index in [1.807, 2.05) is 49.4 Å². The summed E-state index contributed by atoms with van der Waals surface area (Å²) in [5.41, 5.74) is 3.36. The van der Waals surface area contributed by atoms with Crippen LogP contribution in [0.3, 0.4) is 0 Å². The highest BCUT2D eigenvalue weighted by molar-refractivity contribution is 5.53. The van der Waals surface area contributed by atoms with E-state index in [4.69, 9.17) is 4.42 Å². The average Bonchev–Trinajstić information content (AvgIpc) is 2.97. The topological polar surface area (TPSA) is 51.0 Å². The molecule has 1 N–H and O–H groups in total. The maximum Gasteiger partial charge on any atom is 0.247 e. The molecule has 3 aromatic rings. The molecular formula is C17H17N3O. The molecule has 2 aromatic carbocycles. The largest absolute Gasteiger partial charge is 0.419 e. The normalized spacial score (nSPS) is 10.7. The molecule has 0 aliphatic carbocycles. The first-order chi connectivity index (χ1) is 10.3. The van der Waals surface area contributed by atoms with Crippen molar-refractivity contribution in [1.29, 1.82) is 0 Å². The smallest absolute Gasteiger partial charge is 0.247 e. The van der Waals surface area contributed by atoms with Gasteiger partial charge in [0.15, 0.2) is 0 Å². The number of nitrogens with one attached hydrogen (secondary N) is 1. The number of hydrogen-bond acceptors (Lipinski definition) is 4. The highest BCUT2D eigenvalue weighted by Gasteiger charge is 2.08. The zero-order chi connectivity index (χ0) is 14.5. The van der Waals surface area contributed by atoms with Gasteiger partial charge < -0.3 is 9.73 Å². The lowest BCUT2D eigenvalue weighted by Crippen LogP contribution is -2.12. The Morgan fingerprint density at radius 2 is 1.81 bits per heavy atom. The Morgan fingerprint density at radius 1 is 0.952 bits per heavy atom. The zero-order valence-corrected chi connectivity index (χ0v) is 11.9. The summed E-state index contributed by atoms with van der Waals surface area (Å²) < 4.78 is 5.68. The fraction of sp³-hybridized carbons (Fsp3) is 0.176. The van der Waals surface area contributed by atoms with Crippen LogP contribution in [-0.4, -0.2) is 10.2 Å². The zero-order valence-electron chi connectivity index (χ0n) is 11.9. The maximum absolute atomic E-state index is 5.68. The second-order valence-corrected chi connectivity index (χ2v) is 4.96. The van der Waals surface area contributed by atoms with E-state index in [1.54, 1.807) is 0 Å². The van der Waals surface area contributed by atoms with Crippen LogP contribution in [0.5, 0.6) is 0 Å². The number of nitrogens with zero attached hydrogens (tertiary/aromatic N) is 2. The molecule has 0 saturated heterocycles. The van der Waals surface area contributed by atoms with Crippen LogP contribution >= 0.6 is 0 Å². The first kappa shape index (κ1) is 13.5. The van der Waals surface area contributed by atoms with Crippen molar-refractivity contribution < 1.29 is 4.42 Å². The quantitative estimate of drug-likeness (QED) is 0.778. The van der Waals surface area contributed by atoms with Gasteiger partial charge in [-0.2, -0.15) is 0 Å². The van der Waals surface area contributed by atoms with Gasteiger partial charge in [-0.15, -0.1) is 10.2 Å². The Hall–Kier alpha value is -2.46. The number of benzene rings is 2. The minimum Gasteiger partial charge on any atom is -0.419 e. The molecule has 0 fully saturated rings. The lowest BCUT2D eigenvalue weighted by molar-refractivity contribution is 0.477. The van der Waals surface area contributed by atoms with Gasteiger partial charge in [-0.3, -0.25) is 0 Å². The molecule has 0 radical (unpaired) electrons. The Kier molecular flexibility index (Phi) is 4.07. The lowest BCUT2D eigenvalue weighted by Gasteiger charge is -2.01. The molecule has 0 aliphatic heterocycles. The summed E-state index contributed by atoms with van der Waals surface area (Å²) >= 11 is 0. The van der Waals surface area contributed by atoms with Crippen molar-refractivity contribution in [2.45, 2.75) is 20.0 Å². The number of aromatic nitrogens is 2. The van der Waals surface area contributed by atoms with Crippen molar-refractivity contribution in [2.75, 3.05) is 0 Å². The van der Waals surface area contributed by atoms with Gasteiger partial charge in [0.25, 0.3) is 0 Å². The summed E-state index contributed by atoms with van der Waals surface area (Å²) in [5, 5.41) is 11.5. The summed E-state index contributed by atoms with van der Waals surface area (Å²) in [7, 11) is 0. The first-order valence-corrected chi connectivity index (χ1v) is 6.95. The second-order valence-electron chi connectivity index (χ2n) is 4.96. The fourth-order valence-corrected chi connectivity index (χ4v) is 2.13. The predicted molar refractivity (Wildman–Crippen MR) is 81.5 cm³/mol. The van der Waals surface area contributed by atoms with Crippen LogP contribution in [0.15, 0.2) is 59.0 Å². The summed E-state index contributed by atoms with van der Waals surface area (Å²) in [6.07, 6.45) is 0. The molecule has 0 amide bonds. The van der Waals surface area contributed by atoms with Crippen LogP contribution in [0.1, 0.15) is 17.0 Å². The van der Waals surface area contributed by atoms with Gasteiger partial charge in [0, 0.05) is 12.1 Å². The Morgan fingerprint density at radius 3 is 2.62 bits per heavy atom. The third kappa shape index (κ3) is 3.55. The van der Waals surface area contributed by atoms with Gasteiger partial charge in [-0.05, 0) is 24.6 Å². The van der Waals surface area contributed by atoms with E-state index in [2.05, 4.69) is 27.6 Å². The molecule has 0 atom stereocenters. The fourth-order valence-electron chi connectivity index (χ4n) is 2.13. The van der Waals surface area contributed by atoms with Crippen LogP contribution in [0.2, 0.25) is 0 Å². The Labute approximate surface area is 123 Å². The SMILES string of the molecule is Cc1cccc(-c2nnc(CNCc3ccccc3)o2)c1. The van der Waals surface area contributed by atoms with Crippen LogP contribution in [0.4, 0.5) is 0 Å². The van der Waals surface area contributed by atoms with Gasteiger partial charge in [-0.1, -0.05) is 48.0 Å². The summed E-state index contributed by atoms with van der Waals surface area (Å²) in [5.74, 6) is 1.16.